The molecule has 154 valence electrons. The van der Waals surface area contributed by atoms with Crippen molar-refractivity contribution < 1.29 is 18.3 Å². The number of aryl methyl sites for hydroxylation is 1. The molecule has 0 atom stereocenters. The fraction of sp³-hybridized carbons (Fsp3) is 0.500. The Morgan fingerprint density at radius 3 is 2.79 bits per heavy atom. The molecule has 2 N–H and O–H groups in total. The number of nitrogens with zero attached hydrogens (tertiary/aromatic N) is 4. The van der Waals surface area contributed by atoms with E-state index >= 15 is 0 Å². The molecule has 1 aromatic carbocycles. The summed E-state index contributed by atoms with van der Waals surface area (Å²) in [6, 6.07) is 4.77. The number of nitrogens with one attached hydrogen (secondary N) is 2. The largest absolute Gasteiger partial charge is 0.497 e. The summed E-state index contributed by atoms with van der Waals surface area (Å²) in [6.45, 7) is 3.19. The van der Waals surface area contributed by atoms with Gasteiger partial charge in [-0.25, -0.2) is 4.99 Å². The highest BCUT2D eigenvalue weighted by Crippen LogP contribution is 2.27. The van der Waals surface area contributed by atoms with Crippen molar-refractivity contribution in [2.24, 2.45) is 4.99 Å². The van der Waals surface area contributed by atoms with Gasteiger partial charge in [-0.05, 0) is 19.1 Å². The van der Waals surface area contributed by atoms with Crippen LogP contribution in [0.4, 0.5) is 8.78 Å². The van der Waals surface area contributed by atoms with Crippen molar-refractivity contribution in [3.8, 4) is 11.5 Å². The number of hydrogen-bond acceptors (Lipinski definition) is 5. The van der Waals surface area contributed by atoms with Crippen molar-refractivity contribution in [2.45, 2.75) is 40.0 Å². The standard InChI is InChI=1S/C18H26F2N6O2/c1-4-16-25-24-12-26(16)9-8-22-18(21-5-2)23-11-13-6-7-14(27-3)10-15(13)28-17(19)20/h6-7,10,12,17H,4-5,8-9,11H2,1-3H3,(H2,21,22,23). The second-order valence-corrected chi connectivity index (χ2v) is 5.77. The van der Waals surface area contributed by atoms with Crippen molar-refractivity contribution in [3.05, 3.63) is 35.9 Å². The van der Waals surface area contributed by atoms with Crippen molar-refractivity contribution in [1.82, 2.24) is 25.4 Å². The van der Waals surface area contributed by atoms with Crippen LogP contribution in [0.25, 0.3) is 0 Å². The van der Waals surface area contributed by atoms with Crippen LogP contribution in [0.5, 0.6) is 11.5 Å². The smallest absolute Gasteiger partial charge is 0.387 e. The lowest BCUT2D eigenvalue weighted by atomic mass is 10.2. The van der Waals surface area contributed by atoms with Crippen LogP contribution in [-0.2, 0) is 19.5 Å². The lowest BCUT2D eigenvalue weighted by molar-refractivity contribution is -0.0505. The average Bonchev–Trinajstić information content (AvgIpc) is 3.13. The van der Waals surface area contributed by atoms with E-state index in [1.165, 1.54) is 13.2 Å². The number of ether oxygens (including phenoxy) is 2. The molecule has 0 bridgehead atoms. The van der Waals surface area contributed by atoms with E-state index in [0.717, 1.165) is 12.2 Å². The minimum Gasteiger partial charge on any atom is -0.497 e. The van der Waals surface area contributed by atoms with Crippen molar-refractivity contribution >= 4 is 5.96 Å². The van der Waals surface area contributed by atoms with E-state index in [1.807, 2.05) is 18.4 Å². The van der Waals surface area contributed by atoms with E-state index in [4.69, 9.17) is 4.74 Å². The second kappa shape index (κ2) is 11.1. The quantitative estimate of drug-likeness (QED) is 0.473. The molecule has 28 heavy (non-hydrogen) atoms. The van der Waals surface area contributed by atoms with Crippen LogP contribution in [0.2, 0.25) is 0 Å². The minimum atomic E-state index is -2.92. The maximum absolute atomic E-state index is 12.7. The molecule has 10 heteroatoms. The number of rotatable bonds is 10. The summed E-state index contributed by atoms with van der Waals surface area (Å²) in [4.78, 5) is 4.46. The average molecular weight is 396 g/mol. The molecule has 0 radical (unpaired) electrons. The van der Waals surface area contributed by atoms with Gasteiger partial charge in [-0.1, -0.05) is 6.92 Å². The van der Waals surface area contributed by atoms with Crippen molar-refractivity contribution in [3.63, 3.8) is 0 Å². The Hall–Kier alpha value is -2.91. The topological polar surface area (TPSA) is 85.6 Å². The van der Waals surface area contributed by atoms with Gasteiger partial charge in [-0.2, -0.15) is 8.78 Å². The number of hydrogen-bond donors (Lipinski definition) is 2. The summed E-state index contributed by atoms with van der Waals surface area (Å²) in [5.74, 6) is 1.98. The van der Waals surface area contributed by atoms with E-state index in [2.05, 4.69) is 30.6 Å². The SMILES string of the molecule is CCNC(=NCc1ccc(OC)cc1OC(F)F)NCCn1cnnc1CC. The van der Waals surface area contributed by atoms with Gasteiger partial charge in [0.05, 0.1) is 13.7 Å². The third-order valence-electron chi connectivity index (χ3n) is 3.90. The molecule has 0 saturated carbocycles. The number of methoxy groups -OCH3 is 1. The first kappa shape index (κ1) is 21.4. The highest BCUT2D eigenvalue weighted by molar-refractivity contribution is 5.79. The van der Waals surface area contributed by atoms with Crippen LogP contribution in [0.3, 0.4) is 0 Å². The Balaban J connectivity index is 2.03. The second-order valence-electron chi connectivity index (χ2n) is 5.77. The number of aromatic nitrogens is 3. The van der Waals surface area contributed by atoms with Crippen LogP contribution in [0.1, 0.15) is 25.2 Å². The molecule has 0 fully saturated rings. The van der Waals surface area contributed by atoms with Crippen LogP contribution < -0.4 is 20.1 Å². The monoisotopic (exact) mass is 396 g/mol. The van der Waals surface area contributed by atoms with Gasteiger partial charge in [0.1, 0.15) is 23.7 Å². The van der Waals surface area contributed by atoms with Crippen LogP contribution in [-0.4, -0.2) is 47.5 Å². The van der Waals surface area contributed by atoms with Gasteiger partial charge in [-0.15, -0.1) is 10.2 Å². The fourth-order valence-electron chi connectivity index (χ4n) is 2.54. The first-order valence-corrected chi connectivity index (χ1v) is 9.07. The van der Waals surface area contributed by atoms with Gasteiger partial charge in [0.25, 0.3) is 0 Å². The normalized spacial score (nSPS) is 11.6. The zero-order valence-electron chi connectivity index (χ0n) is 16.3. The summed E-state index contributed by atoms with van der Waals surface area (Å²) in [5, 5.41) is 14.3. The molecule has 8 nitrogen and oxygen atoms in total. The van der Waals surface area contributed by atoms with Crippen LogP contribution in [0.15, 0.2) is 29.5 Å². The maximum Gasteiger partial charge on any atom is 0.387 e. The Labute approximate surface area is 163 Å². The Kier molecular flexibility index (Phi) is 8.44. The van der Waals surface area contributed by atoms with E-state index in [9.17, 15) is 8.78 Å². The molecular weight excluding hydrogens is 370 g/mol. The number of guanidine groups is 1. The van der Waals surface area contributed by atoms with Gasteiger partial charge in [0.2, 0.25) is 0 Å². The number of alkyl halides is 2. The Morgan fingerprint density at radius 1 is 1.29 bits per heavy atom. The molecular formula is C18H26F2N6O2. The van der Waals surface area contributed by atoms with Crippen molar-refractivity contribution in [2.75, 3.05) is 20.2 Å². The highest BCUT2D eigenvalue weighted by Gasteiger charge is 2.11. The summed E-state index contributed by atoms with van der Waals surface area (Å²) in [7, 11) is 1.46. The number of halogens is 2. The molecule has 0 amide bonds. The zero-order valence-corrected chi connectivity index (χ0v) is 16.3. The third-order valence-corrected chi connectivity index (χ3v) is 3.90. The number of benzene rings is 1. The third kappa shape index (κ3) is 6.36. The van der Waals surface area contributed by atoms with Crippen LogP contribution in [0, 0.1) is 0 Å². The highest BCUT2D eigenvalue weighted by atomic mass is 19.3. The summed E-state index contributed by atoms with van der Waals surface area (Å²) < 4.78 is 37.0. The van der Waals surface area contributed by atoms with Gasteiger partial charge in [0, 0.05) is 37.7 Å². The minimum absolute atomic E-state index is 0.0472. The van der Waals surface area contributed by atoms with Gasteiger partial charge >= 0.3 is 6.61 Å². The molecule has 1 heterocycles. The van der Waals surface area contributed by atoms with Crippen molar-refractivity contribution in [1.29, 1.82) is 0 Å². The predicted octanol–water partition coefficient (Wildman–Crippen LogP) is 2.21. The lowest BCUT2D eigenvalue weighted by Crippen LogP contribution is -2.39. The van der Waals surface area contributed by atoms with Gasteiger partial charge < -0.3 is 24.7 Å². The predicted molar refractivity (Wildman–Crippen MR) is 102 cm³/mol. The van der Waals surface area contributed by atoms with E-state index in [-0.39, 0.29) is 12.3 Å². The van der Waals surface area contributed by atoms with Gasteiger partial charge in [0.15, 0.2) is 5.96 Å². The Bertz CT molecular complexity index is 766. The zero-order chi connectivity index (χ0) is 20.4. The van der Waals surface area contributed by atoms with E-state index in [0.29, 0.717) is 36.9 Å². The molecule has 0 aliphatic carbocycles. The summed E-state index contributed by atoms with van der Waals surface area (Å²) in [5.41, 5.74) is 0.533. The molecule has 0 saturated heterocycles. The Morgan fingerprint density at radius 2 is 2.11 bits per heavy atom. The fourth-order valence-corrected chi connectivity index (χ4v) is 2.54. The molecule has 0 aliphatic heterocycles. The molecule has 2 rings (SSSR count). The molecule has 0 unspecified atom stereocenters. The molecule has 0 aliphatic rings. The first-order chi connectivity index (χ1) is 13.6. The van der Waals surface area contributed by atoms with Gasteiger partial charge in [-0.3, -0.25) is 0 Å². The number of aliphatic imine (C=N–C) groups is 1. The molecule has 2 aromatic rings. The molecule has 1 aromatic heterocycles. The van der Waals surface area contributed by atoms with E-state index < -0.39 is 6.61 Å². The summed E-state index contributed by atoms with van der Waals surface area (Å²) >= 11 is 0. The van der Waals surface area contributed by atoms with E-state index in [1.54, 1.807) is 18.5 Å². The molecule has 0 spiro atoms. The van der Waals surface area contributed by atoms with Crippen LogP contribution >= 0.6 is 0 Å². The first-order valence-electron chi connectivity index (χ1n) is 9.07. The summed E-state index contributed by atoms with van der Waals surface area (Å²) in [6.07, 6.45) is 2.49. The maximum atomic E-state index is 12.7. The lowest BCUT2D eigenvalue weighted by Gasteiger charge is -2.14.